The van der Waals surface area contributed by atoms with Gasteiger partial charge in [-0.1, -0.05) is 29.8 Å². The highest BCUT2D eigenvalue weighted by molar-refractivity contribution is 5.91. The molecule has 7 heteroatoms. The maximum atomic E-state index is 12.6. The van der Waals surface area contributed by atoms with Gasteiger partial charge in [0.2, 0.25) is 0 Å². The predicted molar refractivity (Wildman–Crippen MR) is 134 cm³/mol. The van der Waals surface area contributed by atoms with Crippen molar-refractivity contribution in [2.75, 3.05) is 27.9 Å². The van der Waals surface area contributed by atoms with Crippen LogP contribution in [0.3, 0.4) is 0 Å². The number of esters is 2. The molecule has 0 bridgehead atoms. The molecule has 4 rings (SSSR count). The van der Waals surface area contributed by atoms with E-state index in [0.29, 0.717) is 48.0 Å². The quantitative estimate of drug-likeness (QED) is 0.314. The third-order valence-electron chi connectivity index (χ3n) is 6.43. The van der Waals surface area contributed by atoms with Crippen molar-refractivity contribution in [3.63, 3.8) is 0 Å². The third-order valence-corrected chi connectivity index (χ3v) is 6.43. The molecule has 0 unspecified atom stereocenters. The molecule has 1 heterocycles. The van der Waals surface area contributed by atoms with E-state index >= 15 is 0 Å². The normalized spacial score (nSPS) is 16.8. The van der Waals surface area contributed by atoms with Crippen LogP contribution < -0.4 is 18.9 Å². The Morgan fingerprint density at radius 1 is 0.806 bits per heavy atom. The second kappa shape index (κ2) is 11.2. The van der Waals surface area contributed by atoms with E-state index in [9.17, 15) is 9.59 Å². The highest BCUT2D eigenvalue weighted by Crippen LogP contribution is 2.35. The van der Waals surface area contributed by atoms with Gasteiger partial charge in [0.15, 0.2) is 23.0 Å². The Kier molecular flexibility index (Phi) is 7.78. The number of benzene rings is 3. The maximum Gasteiger partial charge on any atom is 0.343 e. The molecule has 1 aliphatic heterocycles. The van der Waals surface area contributed by atoms with E-state index in [0.717, 1.165) is 16.7 Å². The zero-order chi connectivity index (χ0) is 25.7. The minimum atomic E-state index is -0.463. The van der Waals surface area contributed by atoms with Crippen LogP contribution in [0.2, 0.25) is 0 Å². The van der Waals surface area contributed by atoms with E-state index in [4.69, 9.17) is 23.7 Å². The second-order valence-corrected chi connectivity index (χ2v) is 8.83. The van der Waals surface area contributed by atoms with Crippen LogP contribution in [0.4, 0.5) is 0 Å². The van der Waals surface area contributed by atoms with Crippen LogP contribution in [0.25, 0.3) is 0 Å². The van der Waals surface area contributed by atoms with Gasteiger partial charge in [-0.3, -0.25) is 4.79 Å². The van der Waals surface area contributed by atoms with Crippen molar-refractivity contribution in [3.05, 3.63) is 82.9 Å². The number of rotatable bonds is 9. The Bertz CT molecular complexity index is 1230. The SMILES string of the molecule is COc1ccc(C[C@H]2COC(=O)[C@@H]2Cc2ccc(OC(=O)c3ccc(C)cc3)c(OC)c2)cc1OC. The van der Waals surface area contributed by atoms with E-state index in [2.05, 4.69) is 0 Å². The molecule has 188 valence electrons. The fraction of sp³-hybridized carbons (Fsp3) is 0.310. The lowest BCUT2D eigenvalue weighted by molar-refractivity contribution is -0.141. The number of carbonyl (C=O) groups excluding carboxylic acids is 2. The van der Waals surface area contributed by atoms with Gasteiger partial charge in [-0.15, -0.1) is 0 Å². The molecule has 0 saturated carbocycles. The maximum absolute atomic E-state index is 12.6. The standard InChI is InChI=1S/C29H30O7/c1-18-5-9-21(10-6-18)28(30)36-25-12-8-20(16-27(25)34-4)14-23-22(17-35-29(23)31)13-19-7-11-24(32-2)26(15-19)33-3/h5-12,15-16,22-23H,13-14,17H2,1-4H3/t22-,23+/m0/s1. The van der Waals surface area contributed by atoms with Crippen molar-refractivity contribution in [1.82, 2.24) is 0 Å². The molecule has 36 heavy (non-hydrogen) atoms. The molecular weight excluding hydrogens is 460 g/mol. The molecule has 2 atom stereocenters. The van der Waals surface area contributed by atoms with Gasteiger partial charge in [-0.2, -0.15) is 0 Å². The van der Waals surface area contributed by atoms with E-state index in [1.54, 1.807) is 38.5 Å². The molecule has 0 radical (unpaired) electrons. The lowest BCUT2D eigenvalue weighted by atomic mass is 9.85. The van der Waals surface area contributed by atoms with E-state index in [-0.39, 0.29) is 17.8 Å². The zero-order valence-electron chi connectivity index (χ0n) is 20.9. The van der Waals surface area contributed by atoms with Gasteiger partial charge < -0.3 is 23.7 Å². The molecule has 0 amide bonds. The summed E-state index contributed by atoms with van der Waals surface area (Å²) in [5.74, 6) is 1.09. The van der Waals surface area contributed by atoms with Crippen LogP contribution in [0.5, 0.6) is 23.0 Å². The first-order valence-electron chi connectivity index (χ1n) is 11.7. The van der Waals surface area contributed by atoms with Gasteiger partial charge >= 0.3 is 11.9 Å². The third kappa shape index (κ3) is 5.62. The fourth-order valence-electron chi connectivity index (χ4n) is 4.39. The first kappa shape index (κ1) is 25.1. The number of hydrogen-bond acceptors (Lipinski definition) is 7. The van der Waals surface area contributed by atoms with Crippen molar-refractivity contribution in [1.29, 1.82) is 0 Å². The lowest BCUT2D eigenvalue weighted by Crippen LogP contribution is -2.20. The van der Waals surface area contributed by atoms with Crippen LogP contribution in [-0.4, -0.2) is 39.9 Å². The van der Waals surface area contributed by atoms with Crippen molar-refractivity contribution < 1.29 is 33.3 Å². The molecule has 7 nitrogen and oxygen atoms in total. The Balaban J connectivity index is 1.47. The van der Waals surface area contributed by atoms with Crippen LogP contribution >= 0.6 is 0 Å². The van der Waals surface area contributed by atoms with Crippen LogP contribution in [0, 0.1) is 18.8 Å². The van der Waals surface area contributed by atoms with Gasteiger partial charge in [0.1, 0.15) is 0 Å². The molecule has 0 N–H and O–H groups in total. The average molecular weight is 491 g/mol. The molecule has 3 aromatic carbocycles. The molecule has 0 aromatic heterocycles. The van der Waals surface area contributed by atoms with Gasteiger partial charge in [0.25, 0.3) is 0 Å². The summed E-state index contributed by atoms with van der Waals surface area (Å²) in [7, 11) is 4.72. The topological polar surface area (TPSA) is 80.3 Å². The highest BCUT2D eigenvalue weighted by atomic mass is 16.6. The number of aryl methyl sites for hydroxylation is 1. The Morgan fingerprint density at radius 2 is 1.39 bits per heavy atom. The number of cyclic esters (lactones) is 1. The first-order valence-corrected chi connectivity index (χ1v) is 11.7. The smallest absolute Gasteiger partial charge is 0.343 e. The second-order valence-electron chi connectivity index (χ2n) is 8.83. The summed E-state index contributed by atoms with van der Waals surface area (Å²) in [6.07, 6.45) is 1.15. The molecule has 0 spiro atoms. The largest absolute Gasteiger partial charge is 0.493 e. The van der Waals surface area contributed by atoms with Crippen LogP contribution in [0.1, 0.15) is 27.0 Å². The molecule has 1 aliphatic rings. The lowest BCUT2D eigenvalue weighted by Gasteiger charge is -2.17. The minimum absolute atomic E-state index is 0.0145. The minimum Gasteiger partial charge on any atom is -0.493 e. The summed E-state index contributed by atoms with van der Waals surface area (Å²) in [5, 5.41) is 0. The average Bonchev–Trinajstić information content (AvgIpc) is 3.23. The molecule has 1 saturated heterocycles. The summed E-state index contributed by atoms with van der Waals surface area (Å²) < 4.78 is 27.2. The number of ether oxygens (including phenoxy) is 5. The first-order chi connectivity index (χ1) is 17.4. The number of methoxy groups -OCH3 is 3. The molecule has 3 aromatic rings. The van der Waals surface area contributed by atoms with Crippen LogP contribution in [-0.2, 0) is 22.4 Å². The highest BCUT2D eigenvalue weighted by Gasteiger charge is 2.37. The van der Waals surface area contributed by atoms with Crippen LogP contribution in [0.15, 0.2) is 60.7 Å². The predicted octanol–water partition coefficient (Wildman–Crippen LogP) is 4.81. The summed E-state index contributed by atoms with van der Waals surface area (Å²) in [6, 6.07) is 18.3. The van der Waals surface area contributed by atoms with Crippen molar-refractivity contribution >= 4 is 11.9 Å². The summed E-state index contributed by atoms with van der Waals surface area (Å²) in [4.78, 5) is 25.1. The zero-order valence-corrected chi connectivity index (χ0v) is 20.9. The van der Waals surface area contributed by atoms with Gasteiger partial charge in [0, 0.05) is 5.92 Å². The molecule has 0 aliphatic carbocycles. The molecule has 1 fully saturated rings. The summed E-state index contributed by atoms with van der Waals surface area (Å²) in [5.41, 5.74) is 3.45. The van der Waals surface area contributed by atoms with Crippen molar-refractivity contribution in [3.8, 4) is 23.0 Å². The Hall–Kier alpha value is -4.00. The monoisotopic (exact) mass is 490 g/mol. The van der Waals surface area contributed by atoms with E-state index < -0.39 is 5.97 Å². The van der Waals surface area contributed by atoms with Gasteiger partial charge in [0.05, 0.1) is 39.4 Å². The number of hydrogen-bond donors (Lipinski definition) is 0. The Morgan fingerprint density at radius 3 is 2.03 bits per heavy atom. The van der Waals surface area contributed by atoms with E-state index in [1.165, 1.54) is 7.11 Å². The Labute approximate surface area is 210 Å². The summed E-state index contributed by atoms with van der Waals surface area (Å²) >= 11 is 0. The molecular formula is C29H30O7. The number of carbonyl (C=O) groups is 2. The van der Waals surface area contributed by atoms with Crippen molar-refractivity contribution in [2.24, 2.45) is 11.8 Å². The van der Waals surface area contributed by atoms with Crippen molar-refractivity contribution in [2.45, 2.75) is 19.8 Å². The van der Waals surface area contributed by atoms with E-state index in [1.807, 2.05) is 43.3 Å². The van der Waals surface area contributed by atoms with Gasteiger partial charge in [-0.05, 0) is 67.3 Å². The fourth-order valence-corrected chi connectivity index (χ4v) is 4.39. The van der Waals surface area contributed by atoms with Gasteiger partial charge in [-0.25, -0.2) is 4.79 Å². The summed E-state index contributed by atoms with van der Waals surface area (Å²) in [6.45, 7) is 2.32.